The van der Waals surface area contributed by atoms with Crippen molar-refractivity contribution in [1.82, 2.24) is 5.32 Å². The zero-order valence-electron chi connectivity index (χ0n) is 15.1. The molecule has 0 aliphatic rings. The molecule has 0 unspecified atom stereocenters. The molecular weight excluding hydrogens is 352 g/mol. The number of nitro benzene ring substituents is 1. The summed E-state index contributed by atoms with van der Waals surface area (Å²) < 4.78 is 16.0. The number of para-hydroxylation sites is 2. The molecule has 0 aliphatic heterocycles. The van der Waals surface area contributed by atoms with Gasteiger partial charge in [-0.2, -0.15) is 0 Å². The van der Waals surface area contributed by atoms with Crippen molar-refractivity contribution < 1.29 is 23.9 Å². The Morgan fingerprint density at radius 3 is 2.44 bits per heavy atom. The molecule has 0 fully saturated rings. The van der Waals surface area contributed by atoms with Gasteiger partial charge in [0.1, 0.15) is 18.1 Å². The van der Waals surface area contributed by atoms with E-state index in [1.807, 2.05) is 0 Å². The third-order valence-corrected chi connectivity index (χ3v) is 3.62. The van der Waals surface area contributed by atoms with Gasteiger partial charge >= 0.3 is 5.69 Å². The third-order valence-electron chi connectivity index (χ3n) is 3.62. The maximum absolute atomic E-state index is 11.8. The van der Waals surface area contributed by atoms with Gasteiger partial charge in [-0.05, 0) is 36.8 Å². The second-order valence-electron chi connectivity index (χ2n) is 5.55. The van der Waals surface area contributed by atoms with E-state index in [1.54, 1.807) is 43.5 Å². The molecule has 0 aromatic heterocycles. The SMILES string of the molecule is COc1ccc(OCCNC(=O)CCCOc2ccccc2[N+](=O)[O-])cc1. The number of hydrogen-bond donors (Lipinski definition) is 1. The molecule has 0 saturated carbocycles. The van der Waals surface area contributed by atoms with Crippen molar-refractivity contribution in [2.24, 2.45) is 0 Å². The van der Waals surface area contributed by atoms with Crippen LogP contribution in [0.5, 0.6) is 17.2 Å². The van der Waals surface area contributed by atoms with Gasteiger partial charge in [0, 0.05) is 12.5 Å². The zero-order chi connectivity index (χ0) is 19.5. The van der Waals surface area contributed by atoms with Crippen molar-refractivity contribution in [3.05, 3.63) is 58.6 Å². The first kappa shape index (κ1) is 20.0. The van der Waals surface area contributed by atoms with Gasteiger partial charge in [0.2, 0.25) is 5.91 Å². The van der Waals surface area contributed by atoms with Gasteiger partial charge in [-0.3, -0.25) is 14.9 Å². The fourth-order valence-electron chi connectivity index (χ4n) is 2.26. The van der Waals surface area contributed by atoms with Crippen molar-refractivity contribution in [2.45, 2.75) is 12.8 Å². The number of rotatable bonds is 11. The molecule has 8 nitrogen and oxygen atoms in total. The number of hydrogen-bond acceptors (Lipinski definition) is 6. The van der Waals surface area contributed by atoms with Crippen molar-refractivity contribution in [3.63, 3.8) is 0 Å². The second-order valence-corrected chi connectivity index (χ2v) is 5.55. The summed E-state index contributed by atoms with van der Waals surface area (Å²) in [6.45, 7) is 0.960. The quantitative estimate of drug-likeness (QED) is 0.369. The first-order chi connectivity index (χ1) is 13.1. The standard InChI is InChI=1S/C19H22N2O6/c1-25-15-8-10-16(11-9-15)26-14-12-20-19(22)7-4-13-27-18-6-3-2-5-17(18)21(23)24/h2-3,5-6,8-11H,4,7,12-14H2,1H3,(H,20,22). The largest absolute Gasteiger partial charge is 0.497 e. The Morgan fingerprint density at radius 2 is 1.74 bits per heavy atom. The molecule has 2 aromatic rings. The number of benzene rings is 2. The average molecular weight is 374 g/mol. The number of methoxy groups -OCH3 is 1. The second kappa shape index (κ2) is 10.6. The summed E-state index contributed by atoms with van der Waals surface area (Å²) in [6.07, 6.45) is 0.723. The Kier molecular flexibility index (Phi) is 7.90. The summed E-state index contributed by atoms with van der Waals surface area (Å²) in [5.74, 6) is 1.52. The Bertz CT molecular complexity index is 748. The van der Waals surface area contributed by atoms with E-state index >= 15 is 0 Å². The maximum Gasteiger partial charge on any atom is 0.310 e. The molecule has 0 heterocycles. The van der Waals surface area contributed by atoms with Gasteiger partial charge in [-0.25, -0.2) is 0 Å². The topological polar surface area (TPSA) is 99.9 Å². The van der Waals surface area contributed by atoms with Gasteiger partial charge in [0.05, 0.1) is 25.2 Å². The van der Waals surface area contributed by atoms with Crippen LogP contribution in [0.4, 0.5) is 5.69 Å². The Morgan fingerprint density at radius 1 is 1.04 bits per heavy atom. The maximum atomic E-state index is 11.8. The fourth-order valence-corrected chi connectivity index (χ4v) is 2.26. The molecule has 1 amide bonds. The minimum absolute atomic E-state index is 0.0855. The average Bonchev–Trinajstić information content (AvgIpc) is 2.69. The molecular formula is C19H22N2O6. The molecule has 2 rings (SSSR count). The Balaban J connectivity index is 1.59. The van der Waals surface area contributed by atoms with Crippen molar-refractivity contribution in [3.8, 4) is 17.2 Å². The van der Waals surface area contributed by atoms with E-state index in [0.29, 0.717) is 25.3 Å². The number of nitro groups is 1. The van der Waals surface area contributed by atoms with Crippen LogP contribution in [0, 0.1) is 10.1 Å². The van der Waals surface area contributed by atoms with Crippen LogP contribution in [0.25, 0.3) is 0 Å². The fraction of sp³-hybridized carbons (Fsp3) is 0.316. The van der Waals surface area contributed by atoms with E-state index in [1.165, 1.54) is 12.1 Å². The number of nitrogens with one attached hydrogen (secondary N) is 1. The number of carbonyl (C=O) groups excluding carboxylic acids is 1. The zero-order valence-corrected chi connectivity index (χ0v) is 15.1. The van der Waals surface area contributed by atoms with Gasteiger partial charge in [0.25, 0.3) is 0 Å². The number of nitrogens with zero attached hydrogens (tertiary/aromatic N) is 1. The lowest BCUT2D eigenvalue weighted by molar-refractivity contribution is -0.385. The third kappa shape index (κ3) is 6.85. The summed E-state index contributed by atoms with van der Waals surface area (Å²) in [5.41, 5.74) is -0.0855. The molecule has 0 aliphatic carbocycles. The van der Waals surface area contributed by atoms with Gasteiger partial charge in [-0.1, -0.05) is 12.1 Å². The molecule has 0 bridgehead atoms. The van der Waals surface area contributed by atoms with Gasteiger partial charge in [-0.15, -0.1) is 0 Å². The smallest absolute Gasteiger partial charge is 0.310 e. The normalized spacial score (nSPS) is 10.1. The lowest BCUT2D eigenvalue weighted by atomic mass is 10.3. The molecule has 0 atom stereocenters. The summed E-state index contributed by atoms with van der Waals surface area (Å²) >= 11 is 0. The highest BCUT2D eigenvalue weighted by atomic mass is 16.6. The van der Waals surface area contributed by atoms with Crippen LogP contribution in [-0.2, 0) is 4.79 Å². The highest BCUT2D eigenvalue weighted by Crippen LogP contribution is 2.25. The summed E-state index contributed by atoms with van der Waals surface area (Å²) in [6, 6.07) is 13.3. The monoisotopic (exact) mass is 374 g/mol. The molecule has 2 aromatic carbocycles. The van der Waals surface area contributed by atoms with E-state index in [2.05, 4.69) is 5.32 Å². The van der Waals surface area contributed by atoms with Gasteiger partial charge in [0.15, 0.2) is 5.75 Å². The predicted molar refractivity (Wildman–Crippen MR) is 99.3 cm³/mol. The van der Waals surface area contributed by atoms with E-state index in [0.717, 1.165) is 5.75 Å². The Hall–Kier alpha value is -3.29. The minimum atomic E-state index is -0.495. The van der Waals surface area contributed by atoms with E-state index in [9.17, 15) is 14.9 Å². The van der Waals surface area contributed by atoms with Crippen molar-refractivity contribution >= 4 is 11.6 Å². The summed E-state index contributed by atoms with van der Waals surface area (Å²) in [4.78, 5) is 22.2. The summed E-state index contributed by atoms with van der Waals surface area (Å²) in [5, 5.41) is 13.6. The minimum Gasteiger partial charge on any atom is -0.497 e. The van der Waals surface area contributed by atoms with Crippen LogP contribution < -0.4 is 19.5 Å². The van der Waals surface area contributed by atoms with E-state index < -0.39 is 4.92 Å². The van der Waals surface area contributed by atoms with E-state index in [4.69, 9.17) is 14.2 Å². The molecule has 0 spiro atoms. The van der Waals surface area contributed by atoms with Crippen LogP contribution in [0.1, 0.15) is 12.8 Å². The van der Waals surface area contributed by atoms with Gasteiger partial charge < -0.3 is 19.5 Å². The van der Waals surface area contributed by atoms with Crippen LogP contribution in [-0.4, -0.2) is 37.7 Å². The van der Waals surface area contributed by atoms with Crippen LogP contribution >= 0.6 is 0 Å². The number of carbonyl (C=O) groups is 1. The number of ether oxygens (including phenoxy) is 3. The molecule has 1 N–H and O–H groups in total. The van der Waals surface area contributed by atoms with Crippen LogP contribution in [0.2, 0.25) is 0 Å². The number of amides is 1. The molecule has 27 heavy (non-hydrogen) atoms. The molecule has 0 saturated heterocycles. The molecule has 8 heteroatoms. The Labute approximate surface area is 157 Å². The lowest BCUT2D eigenvalue weighted by Gasteiger charge is -2.09. The first-order valence-corrected chi connectivity index (χ1v) is 8.50. The van der Waals surface area contributed by atoms with Crippen LogP contribution in [0.3, 0.4) is 0 Å². The summed E-state index contributed by atoms with van der Waals surface area (Å²) in [7, 11) is 1.59. The molecule has 0 radical (unpaired) electrons. The molecule has 144 valence electrons. The highest BCUT2D eigenvalue weighted by Gasteiger charge is 2.13. The van der Waals surface area contributed by atoms with Crippen molar-refractivity contribution in [2.75, 3.05) is 26.9 Å². The highest BCUT2D eigenvalue weighted by molar-refractivity contribution is 5.75. The first-order valence-electron chi connectivity index (χ1n) is 8.50. The lowest BCUT2D eigenvalue weighted by Crippen LogP contribution is -2.28. The predicted octanol–water partition coefficient (Wildman–Crippen LogP) is 2.96. The van der Waals surface area contributed by atoms with E-state index in [-0.39, 0.29) is 30.4 Å². The van der Waals surface area contributed by atoms with Crippen molar-refractivity contribution in [1.29, 1.82) is 0 Å². The van der Waals surface area contributed by atoms with Crippen LogP contribution in [0.15, 0.2) is 48.5 Å².